The summed E-state index contributed by atoms with van der Waals surface area (Å²) in [4.78, 5) is 17.7. The standard InChI is InChI=1S/C26H26Cl2N4O4S/c1-5-11-35-24(33)22-15(3)29-25-30-26(37-6-2)31-32(25)23(22)17-8-10-20(21(13-17)34-4)36-14-16-7-9-18(27)19(28)12-16/h5,7-10,12-13,23H,1,6,11,14H2,2-4H3,(H,29,30,31). The first-order valence-corrected chi connectivity index (χ1v) is 13.2. The molecule has 0 spiro atoms. The van der Waals surface area contributed by atoms with E-state index in [1.807, 2.05) is 32.0 Å². The van der Waals surface area contributed by atoms with E-state index in [1.54, 1.807) is 30.0 Å². The number of allylic oxidation sites excluding steroid dienone is 1. The number of methoxy groups -OCH3 is 1. The number of hydrogen-bond donors (Lipinski definition) is 1. The molecule has 2 heterocycles. The summed E-state index contributed by atoms with van der Waals surface area (Å²) in [6.45, 7) is 7.83. The average molecular weight is 561 g/mol. The second-order valence-corrected chi connectivity index (χ2v) is 10.0. The van der Waals surface area contributed by atoms with Crippen molar-refractivity contribution in [3.63, 3.8) is 0 Å². The lowest BCUT2D eigenvalue weighted by Gasteiger charge is -2.28. The summed E-state index contributed by atoms with van der Waals surface area (Å²) >= 11 is 13.7. The van der Waals surface area contributed by atoms with Crippen molar-refractivity contribution in [1.29, 1.82) is 0 Å². The molecule has 1 aliphatic heterocycles. The summed E-state index contributed by atoms with van der Waals surface area (Å²) in [5, 5.41) is 9.39. The normalized spacial score (nSPS) is 14.6. The first kappa shape index (κ1) is 26.9. The Kier molecular flexibility index (Phi) is 8.68. The topological polar surface area (TPSA) is 87.5 Å². The number of esters is 1. The van der Waals surface area contributed by atoms with Gasteiger partial charge in [-0.25, -0.2) is 9.48 Å². The third-order valence-corrected chi connectivity index (χ3v) is 7.00. The van der Waals surface area contributed by atoms with E-state index in [0.29, 0.717) is 43.9 Å². The molecular weight excluding hydrogens is 535 g/mol. The molecule has 0 radical (unpaired) electrons. The minimum Gasteiger partial charge on any atom is -0.493 e. The molecule has 0 bridgehead atoms. The van der Waals surface area contributed by atoms with Crippen LogP contribution >= 0.6 is 35.0 Å². The average Bonchev–Trinajstić information content (AvgIpc) is 3.29. The first-order chi connectivity index (χ1) is 17.9. The predicted octanol–water partition coefficient (Wildman–Crippen LogP) is 6.30. The van der Waals surface area contributed by atoms with Crippen molar-refractivity contribution >= 4 is 46.9 Å². The molecule has 1 aliphatic rings. The van der Waals surface area contributed by atoms with Crippen molar-refractivity contribution in [2.45, 2.75) is 31.7 Å². The number of fused-ring (bicyclic) bond motifs is 1. The lowest BCUT2D eigenvalue weighted by Crippen LogP contribution is -2.29. The Morgan fingerprint density at radius 2 is 2.03 bits per heavy atom. The number of nitrogens with one attached hydrogen (secondary N) is 1. The SMILES string of the molecule is C=CCOC(=O)C1=C(C)Nc2nc(SCC)nn2C1c1ccc(OCc2ccc(Cl)c(Cl)c2)c(OC)c1. The number of aromatic nitrogens is 3. The van der Waals surface area contributed by atoms with Crippen molar-refractivity contribution in [3.8, 4) is 11.5 Å². The Morgan fingerprint density at radius 1 is 1.22 bits per heavy atom. The molecule has 2 aromatic carbocycles. The van der Waals surface area contributed by atoms with Crippen LogP contribution in [0, 0.1) is 0 Å². The van der Waals surface area contributed by atoms with Crippen LogP contribution in [0.1, 0.15) is 31.0 Å². The summed E-state index contributed by atoms with van der Waals surface area (Å²) in [5.74, 6) is 1.91. The highest BCUT2D eigenvalue weighted by atomic mass is 35.5. The van der Waals surface area contributed by atoms with Crippen LogP contribution in [0.3, 0.4) is 0 Å². The molecule has 1 aromatic heterocycles. The zero-order valence-corrected chi connectivity index (χ0v) is 22.9. The van der Waals surface area contributed by atoms with Gasteiger partial charge in [0.05, 0.1) is 22.7 Å². The van der Waals surface area contributed by atoms with Gasteiger partial charge in [-0.2, -0.15) is 4.98 Å². The van der Waals surface area contributed by atoms with Gasteiger partial charge in [-0.05, 0) is 48.1 Å². The van der Waals surface area contributed by atoms with Gasteiger partial charge in [-0.15, -0.1) is 5.10 Å². The van der Waals surface area contributed by atoms with Crippen LogP contribution in [0.15, 0.2) is 65.5 Å². The van der Waals surface area contributed by atoms with Gasteiger partial charge in [0, 0.05) is 5.70 Å². The van der Waals surface area contributed by atoms with Crippen molar-refractivity contribution < 1.29 is 19.0 Å². The van der Waals surface area contributed by atoms with Gasteiger partial charge >= 0.3 is 5.97 Å². The van der Waals surface area contributed by atoms with E-state index < -0.39 is 12.0 Å². The number of thioether (sulfide) groups is 1. The van der Waals surface area contributed by atoms with Crippen molar-refractivity contribution in [2.75, 3.05) is 24.8 Å². The number of nitrogens with zero attached hydrogens (tertiary/aromatic N) is 3. The molecule has 3 aromatic rings. The van der Waals surface area contributed by atoms with Crippen LogP contribution < -0.4 is 14.8 Å². The van der Waals surface area contributed by atoms with Gasteiger partial charge in [0.15, 0.2) is 11.5 Å². The van der Waals surface area contributed by atoms with E-state index in [1.165, 1.54) is 17.8 Å². The quantitative estimate of drug-likeness (QED) is 0.175. The van der Waals surface area contributed by atoms with E-state index in [2.05, 4.69) is 22.0 Å². The van der Waals surface area contributed by atoms with Gasteiger partial charge in [0.2, 0.25) is 11.1 Å². The van der Waals surface area contributed by atoms with Crippen molar-refractivity contribution in [1.82, 2.24) is 14.8 Å². The molecule has 0 amide bonds. The second-order valence-electron chi connectivity index (χ2n) is 8.00. The minimum atomic E-state index is -0.592. The number of anilines is 1. The molecular formula is C26H26Cl2N4O4S. The number of benzene rings is 2. The Bertz CT molecular complexity index is 1360. The Morgan fingerprint density at radius 3 is 2.73 bits per heavy atom. The van der Waals surface area contributed by atoms with Gasteiger partial charge in [0.1, 0.15) is 19.3 Å². The van der Waals surface area contributed by atoms with Crippen molar-refractivity contribution in [3.05, 3.63) is 81.5 Å². The van der Waals surface area contributed by atoms with Crippen LogP contribution in [-0.4, -0.2) is 40.2 Å². The molecule has 0 saturated carbocycles. The molecule has 8 nitrogen and oxygen atoms in total. The lowest BCUT2D eigenvalue weighted by molar-refractivity contribution is -0.138. The van der Waals surface area contributed by atoms with E-state index in [9.17, 15) is 4.79 Å². The fraction of sp³-hybridized carbons (Fsp3) is 0.269. The Balaban J connectivity index is 1.70. The number of hydrogen-bond acceptors (Lipinski definition) is 8. The summed E-state index contributed by atoms with van der Waals surface area (Å²) in [7, 11) is 1.56. The molecule has 194 valence electrons. The molecule has 0 fully saturated rings. The molecule has 37 heavy (non-hydrogen) atoms. The zero-order chi connectivity index (χ0) is 26.5. The summed E-state index contributed by atoms with van der Waals surface area (Å²) in [5.41, 5.74) is 2.66. The van der Waals surface area contributed by atoms with Crippen LogP contribution in [0.5, 0.6) is 11.5 Å². The Hall–Kier alpha value is -3.14. The lowest BCUT2D eigenvalue weighted by atomic mass is 9.95. The minimum absolute atomic E-state index is 0.0916. The first-order valence-electron chi connectivity index (χ1n) is 11.5. The van der Waals surface area contributed by atoms with Crippen LogP contribution in [0.4, 0.5) is 5.95 Å². The Labute approximate surface area is 229 Å². The summed E-state index contributed by atoms with van der Waals surface area (Å²) < 4.78 is 18.8. The number of rotatable bonds is 10. The molecule has 4 rings (SSSR count). The van der Waals surface area contributed by atoms with Gasteiger partial charge in [0.25, 0.3) is 0 Å². The monoisotopic (exact) mass is 560 g/mol. The maximum Gasteiger partial charge on any atom is 0.338 e. The summed E-state index contributed by atoms with van der Waals surface area (Å²) in [6.07, 6.45) is 1.53. The highest BCUT2D eigenvalue weighted by Gasteiger charge is 2.35. The third-order valence-electron chi connectivity index (χ3n) is 5.54. The summed E-state index contributed by atoms with van der Waals surface area (Å²) in [6, 6.07) is 10.2. The number of ether oxygens (including phenoxy) is 3. The number of carbonyl (C=O) groups excluding carboxylic acids is 1. The van der Waals surface area contributed by atoms with E-state index in [0.717, 1.165) is 16.9 Å². The van der Waals surface area contributed by atoms with Gasteiger partial charge in [-0.1, -0.05) is 66.7 Å². The largest absolute Gasteiger partial charge is 0.493 e. The van der Waals surface area contributed by atoms with Gasteiger partial charge < -0.3 is 19.5 Å². The molecule has 1 atom stereocenters. The molecule has 1 unspecified atom stereocenters. The predicted molar refractivity (Wildman–Crippen MR) is 146 cm³/mol. The van der Waals surface area contributed by atoms with Crippen LogP contribution in [0.25, 0.3) is 0 Å². The van der Waals surface area contributed by atoms with Crippen LogP contribution in [-0.2, 0) is 16.1 Å². The van der Waals surface area contributed by atoms with E-state index in [-0.39, 0.29) is 13.2 Å². The second kappa shape index (κ2) is 11.9. The number of carbonyl (C=O) groups is 1. The van der Waals surface area contributed by atoms with E-state index >= 15 is 0 Å². The molecule has 0 saturated heterocycles. The van der Waals surface area contributed by atoms with Gasteiger partial charge in [-0.3, -0.25) is 0 Å². The van der Waals surface area contributed by atoms with Crippen LogP contribution in [0.2, 0.25) is 10.0 Å². The smallest absolute Gasteiger partial charge is 0.338 e. The maximum atomic E-state index is 13.1. The van der Waals surface area contributed by atoms with E-state index in [4.69, 9.17) is 37.4 Å². The molecule has 0 aliphatic carbocycles. The van der Waals surface area contributed by atoms with Crippen molar-refractivity contribution in [2.24, 2.45) is 0 Å². The highest BCUT2D eigenvalue weighted by molar-refractivity contribution is 7.99. The third kappa shape index (κ3) is 5.89. The highest BCUT2D eigenvalue weighted by Crippen LogP contribution is 2.40. The molecule has 1 N–H and O–H groups in total. The maximum absolute atomic E-state index is 13.1. The number of halogens is 2. The molecule has 11 heteroatoms. The fourth-order valence-corrected chi connectivity index (χ4v) is 4.75. The fourth-order valence-electron chi connectivity index (χ4n) is 3.87. The zero-order valence-electron chi connectivity index (χ0n) is 20.6.